The minimum atomic E-state index is -0.0628. The second kappa shape index (κ2) is 7.12. The predicted molar refractivity (Wildman–Crippen MR) is 92.9 cm³/mol. The minimum Gasteiger partial charge on any atom is -0.454 e. The van der Waals surface area contributed by atoms with Crippen molar-refractivity contribution in [2.75, 3.05) is 6.79 Å². The Morgan fingerprint density at radius 1 is 1.31 bits per heavy atom. The molecule has 1 aromatic carbocycles. The third-order valence-electron chi connectivity index (χ3n) is 3.96. The van der Waals surface area contributed by atoms with Crippen molar-refractivity contribution in [3.63, 3.8) is 0 Å². The molecule has 0 spiro atoms. The molecular formula is C17H16N4O4S. The highest BCUT2D eigenvalue weighted by atomic mass is 32.1. The molecule has 1 aliphatic heterocycles. The summed E-state index contributed by atoms with van der Waals surface area (Å²) in [6.07, 6.45) is 1.08. The summed E-state index contributed by atoms with van der Waals surface area (Å²) in [5.41, 5.74) is 3.51. The number of ether oxygens (including phenoxy) is 2. The van der Waals surface area contributed by atoms with Gasteiger partial charge < -0.3 is 19.3 Å². The summed E-state index contributed by atoms with van der Waals surface area (Å²) >= 11 is 1.57. The van der Waals surface area contributed by atoms with Crippen LogP contribution in [0.4, 0.5) is 0 Å². The Hall–Kier alpha value is -2.94. The lowest BCUT2D eigenvalue weighted by Gasteiger charge is -2.01. The van der Waals surface area contributed by atoms with Gasteiger partial charge in [0.05, 0.1) is 17.7 Å². The van der Waals surface area contributed by atoms with Gasteiger partial charge in [0.15, 0.2) is 17.3 Å². The summed E-state index contributed by atoms with van der Waals surface area (Å²) < 4.78 is 15.9. The lowest BCUT2D eigenvalue weighted by molar-refractivity contribution is -0.121. The fraction of sp³-hybridized carbons (Fsp3) is 0.294. The van der Waals surface area contributed by atoms with Crippen molar-refractivity contribution in [2.24, 2.45) is 0 Å². The van der Waals surface area contributed by atoms with Crippen molar-refractivity contribution in [1.29, 1.82) is 0 Å². The Morgan fingerprint density at radius 2 is 2.19 bits per heavy atom. The van der Waals surface area contributed by atoms with Gasteiger partial charge >= 0.3 is 0 Å². The molecule has 134 valence electrons. The maximum atomic E-state index is 12.0. The van der Waals surface area contributed by atoms with E-state index < -0.39 is 0 Å². The number of thiazole rings is 1. The molecule has 1 N–H and O–H groups in total. The summed E-state index contributed by atoms with van der Waals surface area (Å²) in [6, 6.07) is 5.40. The van der Waals surface area contributed by atoms with E-state index in [1.807, 2.05) is 13.0 Å². The van der Waals surface area contributed by atoms with Gasteiger partial charge in [-0.1, -0.05) is 5.16 Å². The Balaban J connectivity index is 1.32. The predicted octanol–water partition coefficient (Wildman–Crippen LogP) is 2.48. The number of benzene rings is 1. The molecule has 3 aromatic rings. The van der Waals surface area contributed by atoms with E-state index in [0.717, 1.165) is 16.1 Å². The van der Waals surface area contributed by atoms with Crippen LogP contribution in [0.25, 0.3) is 11.5 Å². The molecule has 4 rings (SSSR count). The first-order chi connectivity index (χ1) is 12.7. The average Bonchev–Trinajstić information content (AvgIpc) is 3.38. The molecule has 1 aliphatic rings. The third kappa shape index (κ3) is 3.52. The van der Waals surface area contributed by atoms with Crippen LogP contribution in [0.5, 0.6) is 11.5 Å². The van der Waals surface area contributed by atoms with Crippen LogP contribution in [0.3, 0.4) is 0 Å². The first-order valence-electron chi connectivity index (χ1n) is 8.07. The van der Waals surface area contributed by atoms with Crippen LogP contribution < -0.4 is 14.8 Å². The van der Waals surface area contributed by atoms with Crippen LogP contribution in [-0.2, 0) is 17.8 Å². The molecule has 9 heteroatoms. The molecule has 0 unspecified atom stereocenters. The van der Waals surface area contributed by atoms with Gasteiger partial charge in [-0.2, -0.15) is 4.98 Å². The number of rotatable bonds is 6. The molecule has 8 nitrogen and oxygen atoms in total. The fourth-order valence-corrected chi connectivity index (χ4v) is 3.31. The van der Waals surface area contributed by atoms with Crippen LogP contribution in [-0.4, -0.2) is 27.8 Å². The van der Waals surface area contributed by atoms with E-state index in [0.29, 0.717) is 36.1 Å². The number of hydrogen-bond donors (Lipinski definition) is 1. The fourth-order valence-electron chi connectivity index (χ4n) is 2.53. The minimum absolute atomic E-state index is 0.0628. The highest BCUT2D eigenvalue weighted by molar-refractivity contribution is 7.09. The second-order valence-electron chi connectivity index (χ2n) is 5.72. The summed E-state index contributed by atoms with van der Waals surface area (Å²) in [5.74, 6) is 2.06. The normalized spacial score (nSPS) is 12.3. The number of carbonyl (C=O) groups is 1. The number of fused-ring (bicyclic) bond motifs is 1. The standard InChI is InChI=1S/C17H16N4O4S/c1-10-14(26-8-19-10)4-5-16(22)18-7-15-20-17(25-21-15)11-2-3-12-13(6-11)24-9-23-12/h2-3,6,8H,4-5,7,9H2,1H3,(H,18,22). The number of nitrogens with one attached hydrogen (secondary N) is 1. The largest absolute Gasteiger partial charge is 0.454 e. The summed E-state index contributed by atoms with van der Waals surface area (Å²) in [6.45, 7) is 2.37. The molecule has 0 atom stereocenters. The van der Waals surface area contributed by atoms with Gasteiger partial charge in [0.25, 0.3) is 5.89 Å². The molecule has 0 saturated carbocycles. The quantitative estimate of drug-likeness (QED) is 0.709. The number of nitrogens with zero attached hydrogens (tertiary/aromatic N) is 3. The van der Waals surface area contributed by atoms with E-state index in [9.17, 15) is 4.79 Å². The third-order valence-corrected chi connectivity index (χ3v) is 4.95. The summed E-state index contributed by atoms with van der Waals surface area (Å²) in [4.78, 5) is 21.6. The highest BCUT2D eigenvalue weighted by Crippen LogP contribution is 2.35. The van der Waals surface area contributed by atoms with E-state index in [2.05, 4.69) is 20.4 Å². The zero-order chi connectivity index (χ0) is 17.9. The van der Waals surface area contributed by atoms with Crippen LogP contribution >= 0.6 is 11.3 Å². The number of amides is 1. The van der Waals surface area contributed by atoms with E-state index in [-0.39, 0.29) is 19.2 Å². The first kappa shape index (κ1) is 16.5. The highest BCUT2D eigenvalue weighted by Gasteiger charge is 2.17. The number of aromatic nitrogens is 3. The second-order valence-corrected chi connectivity index (χ2v) is 6.66. The number of carbonyl (C=O) groups excluding carboxylic acids is 1. The molecule has 1 amide bonds. The molecule has 0 bridgehead atoms. The van der Waals surface area contributed by atoms with Crippen LogP contribution in [0.1, 0.15) is 22.8 Å². The van der Waals surface area contributed by atoms with Crippen molar-refractivity contribution in [2.45, 2.75) is 26.3 Å². The Kier molecular flexibility index (Phi) is 4.53. The molecule has 3 heterocycles. The molecule has 0 aliphatic carbocycles. The van der Waals surface area contributed by atoms with Crippen molar-refractivity contribution in [1.82, 2.24) is 20.4 Å². The zero-order valence-corrected chi connectivity index (χ0v) is 14.8. The lowest BCUT2D eigenvalue weighted by atomic mass is 10.2. The summed E-state index contributed by atoms with van der Waals surface area (Å²) in [7, 11) is 0. The van der Waals surface area contributed by atoms with Crippen LogP contribution in [0.2, 0.25) is 0 Å². The Bertz CT molecular complexity index is 936. The van der Waals surface area contributed by atoms with Crippen LogP contribution in [0, 0.1) is 6.92 Å². The van der Waals surface area contributed by atoms with Gasteiger partial charge in [-0.15, -0.1) is 11.3 Å². The van der Waals surface area contributed by atoms with E-state index in [4.69, 9.17) is 14.0 Å². The van der Waals surface area contributed by atoms with Gasteiger partial charge in [0, 0.05) is 16.9 Å². The Labute approximate surface area is 153 Å². The van der Waals surface area contributed by atoms with E-state index >= 15 is 0 Å². The molecular weight excluding hydrogens is 356 g/mol. The maximum absolute atomic E-state index is 12.0. The van der Waals surface area contributed by atoms with Crippen molar-refractivity contribution in [3.8, 4) is 23.0 Å². The smallest absolute Gasteiger partial charge is 0.258 e. The number of hydrogen-bond acceptors (Lipinski definition) is 8. The molecule has 0 saturated heterocycles. The van der Waals surface area contributed by atoms with Gasteiger partial charge in [0.1, 0.15) is 0 Å². The topological polar surface area (TPSA) is 99.4 Å². The van der Waals surface area contributed by atoms with Gasteiger partial charge in [0.2, 0.25) is 12.7 Å². The monoisotopic (exact) mass is 372 g/mol. The summed E-state index contributed by atoms with van der Waals surface area (Å²) in [5, 5.41) is 6.70. The van der Waals surface area contributed by atoms with Gasteiger partial charge in [-0.3, -0.25) is 4.79 Å². The zero-order valence-electron chi connectivity index (χ0n) is 14.0. The Morgan fingerprint density at radius 3 is 3.04 bits per heavy atom. The average molecular weight is 372 g/mol. The molecule has 0 fully saturated rings. The van der Waals surface area contributed by atoms with Gasteiger partial charge in [-0.05, 0) is 31.5 Å². The first-order valence-corrected chi connectivity index (χ1v) is 8.95. The molecule has 26 heavy (non-hydrogen) atoms. The van der Waals surface area contributed by atoms with E-state index in [1.165, 1.54) is 0 Å². The maximum Gasteiger partial charge on any atom is 0.258 e. The van der Waals surface area contributed by atoms with Crippen molar-refractivity contribution < 1.29 is 18.8 Å². The van der Waals surface area contributed by atoms with Crippen molar-refractivity contribution in [3.05, 3.63) is 40.1 Å². The van der Waals surface area contributed by atoms with Crippen LogP contribution in [0.15, 0.2) is 28.2 Å². The molecule has 0 radical (unpaired) electrons. The van der Waals surface area contributed by atoms with Crippen molar-refractivity contribution >= 4 is 17.2 Å². The lowest BCUT2D eigenvalue weighted by Crippen LogP contribution is -2.23. The van der Waals surface area contributed by atoms with Gasteiger partial charge in [-0.25, -0.2) is 4.98 Å². The van der Waals surface area contributed by atoms with E-state index in [1.54, 1.807) is 29.0 Å². The number of aryl methyl sites for hydroxylation is 2. The SMILES string of the molecule is Cc1ncsc1CCC(=O)NCc1noc(-c2ccc3c(c2)OCO3)n1. The molecule has 2 aromatic heterocycles.